The van der Waals surface area contributed by atoms with Crippen molar-refractivity contribution < 1.29 is 37.0 Å². The third kappa shape index (κ3) is 8.68. The molecule has 0 saturated carbocycles. The first-order valence-corrected chi connectivity index (χ1v) is 16.3. The van der Waals surface area contributed by atoms with E-state index in [1.54, 1.807) is 25.1 Å². The van der Waals surface area contributed by atoms with Gasteiger partial charge in [0.2, 0.25) is 11.8 Å². The van der Waals surface area contributed by atoms with E-state index in [1.165, 1.54) is 69.7 Å². The smallest absolute Gasteiger partial charge is 0.265 e. The minimum Gasteiger partial charge on any atom is -0.497 e. The summed E-state index contributed by atoms with van der Waals surface area (Å²) in [5, 5.41) is 3.55. The first-order valence-electron chi connectivity index (χ1n) is 14.1. The maximum atomic E-state index is 14.4. The molecule has 14 heteroatoms. The number of sulfonamides is 1. The van der Waals surface area contributed by atoms with Crippen LogP contribution in [0.4, 0.5) is 5.69 Å². The van der Waals surface area contributed by atoms with E-state index in [-0.39, 0.29) is 33.6 Å². The van der Waals surface area contributed by atoms with E-state index in [9.17, 15) is 18.0 Å². The monoisotopic (exact) mass is 695 g/mol. The number of carbonyl (C=O) groups excluding carboxylic acids is 2. The molecule has 0 aliphatic rings. The fourth-order valence-corrected chi connectivity index (χ4v) is 6.40. The van der Waals surface area contributed by atoms with Crippen LogP contribution in [0.2, 0.25) is 10.0 Å². The van der Waals surface area contributed by atoms with Crippen LogP contribution in [0.15, 0.2) is 59.5 Å². The van der Waals surface area contributed by atoms with E-state index in [0.717, 1.165) is 4.31 Å². The molecule has 1 N–H and O–H groups in total. The predicted octanol–water partition coefficient (Wildman–Crippen LogP) is 5.56. The van der Waals surface area contributed by atoms with Gasteiger partial charge in [0.1, 0.15) is 24.1 Å². The van der Waals surface area contributed by atoms with Crippen molar-refractivity contribution in [1.82, 2.24) is 10.2 Å². The largest absolute Gasteiger partial charge is 0.497 e. The van der Waals surface area contributed by atoms with Gasteiger partial charge in [0, 0.05) is 34.3 Å². The lowest BCUT2D eigenvalue weighted by molar-refractivity contribution is -0.140. The van der Waals surface area contributed by atoms with Gasteiger partial charge in [-0.1, -0.05) is 29.3 Å². The molecule has 3 rings (SSSR count). The van der Waals surface area contributed by atoms with E-state index in [2.05, 4.69) is 5.32 Å². The predicted molar refractivity (Wildman–Crippen MR) is 178 cm³/mol. The Balaban J connectivity index is 2.20. The average molecular weight is 697 g/mol. The van der Waals surface area contributed by atoms with Crippen molar-refractivity contribution in [2.45, 2.75) is 50.7 Å². The Morgan fingerprint density at radius 1 is 0.848 bits per heavy atom. The van der Waals surface area contributed by atoms with Crippen LogP contribution >= 0.6 is 23.2 Å². The zero-order chi connectivity index (χ0) is 34.4. The van der Waals surface area contributed by atoms with Gasteiger partial charge < -0.3 is 29.2 Å². The SMILES string of the molecule is COc1ccc(OC)c(N(CC(=O)N(Cc2ccc(Cl)cc2Cl)[C@H](C)C(=O)NC(C)(C)C)S(=O)(=O)c2ccc(OC)c(OC)c2)c1. The number of carbonyl (C=O) groups is 2. The summed E-state index contributed by atoms with van der Waals surface area (Å²) in [6.07, 6.45) is 0. The van der Waals surface area contributed by atoms with Gasteiger partial charge in [-0.25, -0.2) is 8.42 Å². The first kappa shape index (κ1) is 36.6. The Kier molecular flexibility index (Phi) is 12.0. The first-order chi connectivity index (χ1) is 21.6. The number of hydrogen-bond acceptors (Lipinski definition) is 8. The lowest BCUT2D eigenvalue weighted by Gasteiger charge is -2.34. The summed E-state index contributed by atoms with van der Waals surface area (Å²) in [7, 11) is 1.12. The number of benzene rings is 3. The van der Waals surface area contributed by atoms with Crippen LogP contribution in [0.1, 0.15) is 33.3 Å². The summed E-state index contributed by atoms with van der Waals surface area (Å²) in [5.41, 5.74) is -0.0707. The maximum absolute atomic E-state index is 14.4. The second-order valence-electron chi connectivity index (χ2n) is 11.2. The number of amides is 2. The zero-order valence-corrected chi connectivity index (χ0v) is 29.3. The molecule has 0 fully saturated rings. The van der Waals surface area contributed by atoms with E-state index in [1.807, 2.05) is 20.8 Å². The molecule has 0 aromatic heterocycles. The summed E-state index contributed by atoms with van der Waals surface area (Å²) in [4.78, 5) is 28.8. The highest BCUT2D eigenvalue weighted by atomic mass is 35.5. The minimum absolute atomic E-state index is 0.0289. The van der Waals surface area contributed by atoms with Gasteiger partial charge in [0.15, 0.2) is 11.5 Å². The van der Waals surface area contributed by atoms with Gasteiger partial charge >= 0.3 is 0 Å². The van der Waals surface area contributed by atoms with Gasteiger partial charge in [0.05, 0.1) is 39.0 Å². The standard InChI is InChI=1S/C32H39Cl2N3O8S/c1-20(31(39)35-32(2,3)4)36(18-21-9-10-22(33)15-25(21)34)30(38)19-37(26-16-23(42-5)11-13-27(26)43-6)46(40,41)24-12-14-28(44-7)29(17-24)45-8/h9-17,20H,18-19H2,1-8H3,(H,35,39)/t20-/m1/s1. The lowest BCUT2D eigenvalue weighted by atomic mass is 10.1. The molecular formula is C32H39Cl2N3O8S. The highest BCUT2D eigenvalue weighted by Gasteiger charge is 2.35. The molecule has 0 heterocycles. The number of rotatable bonds is 13. The van der Waals surface area contributed by atoms with Crippen LogP contribution in [-0.4, -0.2) is 71.7 Å². The van der Waals surface area contributed by atoms with Crippen LogP contribution in [0.5, 0.6) is 23.0 Å². The third-order valence-corrected chi connectivity index (χ3v) is 9.24. The quantitative estimate of drug-likeness (QED) is 0.247. The number of methoxy groups -OCH3 is 4. The number of hydrogen-bond donors (Lipinski definition) is 1. The second kappa shape index (κ2) is 15.1. The van der Waals surface area contributed by atoms with Crippen LogP contribution in [0, 0.1) is 0 Å². The Bertz CT molecular complexity index is 1680. The Morgan fingerprint density at radius 2 is 1.48 bits per heavy atom. The Labute approximate surface area is 280 Å². The normalized spacial score (nSPS) is 12.1. The van der Waals surface area contributed by atoms with Crippen molar-refractivity contribution in [2.75, 3.05) is 39.3 Å². The molecule has 0 unspecified atom stereocenters. The molecule has 0 saturated heterocycles. The fourth-order valence-electron chi connectivity index (χ4n) is 4.50. The lowest BCUT2D eigenvalue weighted by Crippen LogP contribution is -2.54. The molecule has 0 bridgehead atoms. The summed E-state index contributed by atoms with van der Waals surface area (Å²) in [5.74, 6) is -0.190. The van der Waals surface area contributed by atoms with Crippen LogP contribution in [-0.2, 0) is 26.2 Å². The van der Waals surface area contributed by atoms with Gasteiger partial charge in [-0.15, -0.1) is 0 Å². The van der Waals surface area contributed by atoms with Crippen molar-refractivity contribution >= 4 is 50.7 Å². The van der Waals surface area contributed by atoms with E-state index in [4.69, 9.17) is 42.1 Å². The van der Waals surface area contributed by atoms with Crippen molar-refractivity contribution in [3.05, 3.63) is 70.2 Å². The highest BCUT2D eigenvalue weighted by molar-refractivity contribution is 7.92. The fraction of sp³-hybridized carbons (Fsp3) is 0.375. The number of anilines is 1. The molecule has 0 radical (unpaired) electrons. The number of nitrogens with zero attached hydrogens (tertiary/aromatic N) is 2. The molecule has 0 aliphatic carbocycles. The van der Waals surface area contributed by atoms with E-state index >= 15 is 0 Å². The number of nitrogens with one attached hydrogen (secondary N) is 1. The van der Waals surface area contributed by atoms with Crippen molar-refractivity contribution in [3.63, 3.8) is 0 Å². The maximum Gasteiger partial charge on any atom is 0.265 e. The van der Waals surface area contributed by atoms with Gasteiger partial charge in [0.25, 0.3) is 10.0 Å². The molecule has 250 valence electrons. The molecule has 46 heavy (non-hydrogen) atoms. The van der Waals surface area contributed by atoms with Crippen molar-refractivity contribution in [2.24, 2.45) is 0 Å². The van der Waals surface area contributed by atoms with Crippen molar-refractivity contribution in [1.29, 1.82) is 0 Å². The number of halogens is 2. The molecule has 1 atom stereocenters. The van der Waals surface area contributed by atoms with Crippen LogP contribution in [0.25, 0.3) is 0 Å². The molecule has 11 nitrogen and oxygen atoms in total. The summed E-state index contributed by atoms with van der Waals surface area (Å²) in [6.45, 7) is 6.15. The molecule has 0 aliphatic heterocycles. The average Bonchev–Trinajstić information content (AvgIpc) is 3.01. The van der Waals surface area contributed by atoms with Crippen LogP contribution < -0.4 is 28.6 Å². The molecule has 0 spiro atoms. The summed E-state index contributed by atoms with van der Waals surface area (Å²) >= 11 is 12.6. The zero-order valence-electron chi connectivity index (χ0n) is 27.0. The van der Waals surface area contributed by atoms with Gasteiger partial charge in [-0.05, 0) is 69.7 Å². The molecular weight excluding hydrogens is 657 g/mol. The molecule has 3 aromatic rings. The topological polar surface area (TPSA) is 124 Å². The third-order valence-electron chi connectivity index (χ3n) is 6.90. The van der Waals surface area contributed by atoms with Gasteiger partial charge in [-0.3, -0.25) is 13.9 Å². The van der Waals surface area contributed by atoms with E-state index in [0.29, 0.717) is 22.1 Å². The highest BCUT2D eigenvalue weighted by Crippen LogP contribution is 2.38. The second-order valence-corrected chi connectivity index (χ2v) is 13.9. The van der Waals surface area contributed by atoms with Crippen molar-refractivity contribution in [3.8, 4) is 23.0 Å². The summed E-state index contributed by atoms with van der Waals surface area (Å²) < 4.78 is 51.3. The Hall–Kier alpha value is -3.87. The van der Waals surface area contributed by atoms with Gasteiger partial charge in [-0.2, -0.15) is 0 Å². The van der Waals surface area contributed by atoms with E-state index < -0.39 is 40.0 Å². The molecule has 2 amide bonds. The number of ether oxygens (including phenoxy) is 4. The summed E-state index contributed by atoms with van der Waals surface area (Å²) in [6, 6.07) is 12.4. The molecule has 3 aromatic carbocycles. The van der Waals surface area contributed by atoms with Crippen LogP contribution in [0.3, 0.4) is 0 Å². The minimum atomic E-state index is -4.49. The Morgan fingerprint density at radius 3 is 2.04 bits per heavy atom.